The molecule has 1 nitrogen and oxygen atoms in total. The predicted molar refractivity (Wildman–Crippen MR) is 44.3 cm³/mol. The molecule has 1 N–H and O–H groups in total. The molecule has 1 fully saturated rings. The Hall–Kier alpha value is 1.02. The minimum atomic E-state index is 0. The zero-order valence-electron chi connectivity index (χ0n) is 7.70. The van der Waals surface area contributed by atoms with E-state index in [4.69, 9.17) is 11.6 Å². The first-order valence-corrected chi connectivity index (χ1v) is 3.76. The quantitative estimate of drug-likeness (QED) is 0.370. The fraction of sp³-hybridized carbons (Fsp3) is 1.00. The Bertz CT molecular complexity index is 73.6. The van der Waals surface area contributed by atoms with E-state index in [0.717, 1.165) is 24.9 Å². The summed E-state index contributed by atoms with van der Waals surface area (Å²) in [6.45, 7) is 1.11. The van der Waals surface area contributed by atoms with Crippen molar-refractivity contribution in [2.75, 3.05) is 12.4 Å². The van der Waals surface area contributed by atoms with Gasteiger partial charge in [0.1, 0.15) is 0 Å². The topological polar surface area (TPSA) is 12.0 Å². The molecule has 0 aromatic heterocycles. The Kier molecular flexibility index (Phi) is 6.43. The first kappa shape index (κ1) is 10.0. The van der Waals surface area contributed by atoms with Gasteiger partial charge in [-0.2, -0.15) is 0 Å². The molecular weight excluding hydrogens is 146 g/mol. The maximum absolute atomic E-state index is 5.47. The first-order valence-electron chi connectivity index (χ1n) is 3.23. The fourth-order valence-electron chi connectivity index (χ4n) is 0.660. The van der Waals surface area contributed by atoms with Gasteiger partial charge in [0.15, 0.2) is 0 Å². The van der Waals surface area contributed by atoms with Gasteiger partial charge in [-0.3, -0.25) is 0 Å². The molecule has 0 unspecified atom stereocenters. The van der Waals surface area contributed by atoms with E-state index in [1.165, 1.54) is 12.8 Å². The molecule has 1 aliphatic carbocycles. The Morgan fingerprint density at radius 3 is 2.67 bits per heavy atom. The van der Waals surface area contributed by atoms with E-state index in [9.17, 15) is 0 Å². The molecule has 1 rings (SSSR count). The summed E-state index contributed by atoms with van der Waals surface area (Å²) in [5.41, 5.74) is 0. The van der Waals surface area contributed by atoms with Crippen LogP contribution in [0.3, 0.4) is 0 Å². The second kappa shape index (κ2) is 5.78. The van der Waals surface area contributed by atoms with Crippen LogP contribution in [0.5, 0.6) is 0 Å². The van der Waals surface area contributed by atoms with E-state index in [-0.39, 0.29) is 25.9 Å². The monoisotopic (exact) mass is 159 g/mol. The predicted octanol–water partition coefficient (Wildman–Crippen LogP) is 1.21. The molecule has 0 atom stereocenters. The van der Waals surface area contributed by atoms with E-state index < -0.39 is 0 Å². The zero-order chi connectivity index (χ0) is 5.82. The molecule has 1 saturated carbocycles. The van der Waals surface area contributed by atoms with Gasteiger partial charge < -0.3 is 8.17 Å². The van der Waals surface area contributed by atoms with Crippen molar-refractivity contribution in [1.29, 1.82) is 0 Å². The molecule has 9 heavy (non-hydrogen) atoms. The minimum absolute atomic E-state index is 0. The smallest absolute Gasteiger partial charge is 1.00 e. The van der Waals surface area contributed by atoms with Gasteiger partial charge in [0.05, 0.1) is 0 Å². The Morgan fingerprint density at radius 1 is 1.56 bits per heavy atom. The molecule has 0 bridgehead atoms. The summed E-state index contributed by atoms with van der Waals surface area (Å²) in [5, 5.41) is 3.37. The van der Waals surface area contributed by atoms with E-state index in [1.807, 2.05) is 0 Å². The van der Waals surface area contributed by atoms with Gasteiger partial charge in [0.2, 0.25) is 0 Å². The van der Waals surface area contributed by atoms with Crippen LogP contribution in [-0.2, 0) is 0 Å². The maximum Gasteiger partial charge on any atom is 2.00 e. The van der Waals surface area contributed by atoms with Gasteiger partial charge in [-0.15, -0.1) is 11.6 Å². The molecule has 0 spiro atoms. The molecule has 0 aliphatic heterocycles. The van der Waals surface area contributed by atoms with Crippen LogP contribution in [-0.4, -0.2) is 41.5 Å². The van der Waals surface area contributed by atoms with E-state index in [2.05, 4.69) is 5.32 Å². The molecule has 0 radical (unpaired) electrons. The first-order chi connectivity index (χ1) is 3.93. The number of rotatable bonds is 4. The summed E-state index contributed by atoms with van der Waals surface area (Å²) in [5.74, 6) is 0.791. The third-order valence-corrected chi connectivity index (χ3v) is 1.59. The number of halogens is 1. The molecule has 0 heterocycles. The molecule has 0 saturated heterocycles. The van der Waals surface area contributed by atoms with Crippen molar-refractivity contribution in [3.63, 3.8) is 0 Å². The summed E-state index contributed by atoms with van der Waals surface area (Å²) >= 11 is 5.47. The van der Waals surface area contributed by atoms with Crippen LogP contribution in [0.15, 0.2) is 0 Å². The normalized spacial score (nSPS) is 17.0. The van der Waals surface area contributed by atoms with Crippen LogP contribution in [0.1, 0.15) is 22.1 Å². The molecule has 0 aromatic rings. The molecule has 0 aromatic carbocycles. The number of hydrogen-bond acceptors (Lipinski definition) is 1. The van der Waals surface area contributed by atoms with Crippen LogP contribution in [0.25, 0.3) is 0 Å². The van der Waals surface area contributed by atoms with Gasteiger partial charge in [-0.25, -0.2) is 0 Å². The van der Waals surface area contributed by atoms with Gasteiger partial charge in [0, 0.05) is 11.9 Å². The number of hydrogen-bond donors (Lipinski definition) is 1. The summed E-state index contributed by atoms with van der Waals surface area (Å²) < 4.78 is 0. The SMILES string of the molecule is ClCCCNC1CC1.[H-].[H-].[Mg+2]. The van der Waals surface area contributed by atoms with Crippen LogP contribution in [0, 0.1) is 0 Å². The van der Waals surface area contributed by atoms with Crippen LogP contribution >= 0.6 is 11.6 Å². The average molecular weight is 160 g/mol. The largest absolute Gasteiger partial charge is 2.00 e. The number of nitrogens with one attached hydrogen (secondary N) is 1. The molecule has 0 amide bonds. The standard InChI is InChI=1S/C6H12ClN.Mg.2H/c7-4-1-5-8-6-2-3-6;;;/h6,8H,1-5H2;;;/q;+2;2*-1. The van der Waals surface area contributed by atoms with E-state index >= 15 is 0 Å². The maximum atomic E-state index is 5.47. The summed E-state index contributed by atoms with van der Waals surface area (Å²) in [6.07, 6.45) is 3.86. The average Bonchev–Trinajstić information content (AvgIpc) is 2.51. The Labute approximate surface area is 80.7 Å². The van der Waals surface area contributed by atoms with Crippen molar-refractivity contribution in [3.8, 4) is 0 Å². The second-order valence-corrected chi connectivity index (χ2v) is 2.65. The van der Waals surface area contributed by atoms with Crippen LogP contribution in [0.2, 0.25) is 0 Å². The van der Waals surface area contributed by atoms with Crippen molar-refractivity contribution in [1.82, 2.24) is 5.32 Å². The fourth-order valence-corrected chi connectivity index (χ4v) is 0.794. The van der Waals surface area contributed by atoms with Crippen molar-refractivity contribution < 1.29 is 2.85 Å². The van der Waals surface area contributed by atoms with Crippen molar-refractivity contribution in [2.45, 2.75) is 25.3 Å². The number of alkyl halides is 1. The summed E-state index contributed by atoms with van der Waals surface area (Å²) in [4.78, 5) is 0. The van der Waals surface area contributed by atoms with Crippen molar-refractivity contribution >= 4 is 34.7 Å². The summed E-state index contributed by atoms with van der Waals surface area (Å²) in [7, 11) is 0. The molecule has 1 aliphatic rings. The van der Waals surface area contributed by atoms with Gasteiger partial charge in [-0.05, 0) is 25.8 Å². The van der Waals surface area contributed by atoms with Gasteiger partial charge in [0.25, 0.3) is 0 Å². The second-order valence-electron chi connectivity index (χ2n) is 2.27. The zero-order valence-corrected chi connectivity index (χ0v) is 7.87. The van der Waals surface area contributed by atoms with Crippen LogP contribution in [0.4, 0.5) is 0 Å². The molecule has 3 heteroatoms. The summed E-state index contributed by atoms with van der Waals surface area (Å²) in [6, 6.07) is 0.846. The molecular formula is C6H14ClMgN. The Morgan fingerprint density at radius 2 is 2.22 bits per heavy atom. The van der Waals surface area contributed by atoms with Gasteiger partial charge in [-0.1, -0.05) is 0 Å². The van der Waals surface area contributed by atoms with Crippen molar-refractivity contribution in [3.05, 3.63) is 0 Å². The van der Waals surface area contributed by atoms with Crippen molar-refractivity contribution in [2.24, 2.45) is 0 Å². The van der Waals surface area contributed by atoms with E-state index in [0.29, 0.717) is 0 Å². The Balaban J connectivity index is -0.000000213. The third kappa shape index (κ3) is 5.46. The minimum Gasteiger partial charge on any atom is -1.00 e. The van der Waals surface area contributed by atoms with Crippen LogP contribution < -0.4 is 5.32 Å². The third-order valence-electron chi connectivity index (χ3n) is 1.32. The van der Waals surface area contributed by atoms with Gasteiger partial charge >= 0.3 is 23.1 Å². The van der Waals surface area contributed by atoms with E-state index in [1.54, 1.807) is 0 Å². The molecule has 52 valence electrons.